The van der Waals surface area contributed by atoms with Crippen molar-refractivity contribution in [1.29, 1.82) is 0 Å². The third-order valence-electron chi connectivity index (χ3n) is 6.22. The Labute approximate surface area is 170 Å². The number of nitrogens with one attached hydrogen (secondary N) is 1. The molecule has 2 N–H and O–H groups in total. The van der Waals surface area contributed by atoms with Gasteiger partial charge in [0.2, 0.25) is 0 Å². The van der Waals surface area contributed by atoms with Gasteiger partial charge in [-0.2, -0.15) is 0 Å². The Morgan fingerprint density at radius 3 is 2.69 bits per heavy atom. The summed E-state index contributed by atoms with van der Waals surface area (Å²) in [6, 6.07) is 16.2. The predicted molar refractivity (Wildman–Crippen MR) is 116 cm³/mol. The summed E-state index contributed by atoms with van der Waals surface area (Å²) >= 11 is 0. The molecule has 1 atom stereocenters. The lowest BCUT2D eigenvalue weighted by Crippen LogP contribution is -2.42. The third-order valence-corrected chi connectivity index (χ3v) is 6.22. The zero-order valence-corrected chi connectivity index (χ0v) is 16.4. The Kier molecular flexibility index (Phi) is 4.09. The monoisotopic (exact) mass is 384 g/mol. The number of benzene rings is 2. The van der Waals surface area contributed by atoms with Crippen LogP contribution in [0.25, 0.3) is 0 Å². The van der Waals surface area contributed by atoms with Crippen molar-refractivity contribution in [2.45, 2.75) is 37.6 Å². The van der Waals surface area contributed by atoms with E-state index in [1.807, 2.05) is 18.2 Å². The quantitative estimate of drug-likeness (QED) is 0.696. The van der Waals surface area contributed by atoms with Gasteiger partial charge in [0.1, 0.15) is 0 Å². The molecule has 2 aromatic carbocycles. The standard InChI is InChI=1S/C25H24N2O2/c1-25-13-11-20(16-19(25)12-14-27(25)21-5-3-2-4-6-21)26-23-10-9-18(17-7-8-17)15-22(23)24(28)29/h2-6,9-12,14-17,26H,7-8,13H2,1H3,(H,28,29). The number of fused-ring (bicyclic) bond motifs is 1. The highest BCUT2D eigenvalue weighted by molar-refractivity contribution is 5.95. The van der Waals surface area contributed by atoms with E-state index in [0.717, 1.165) is 30.5 Å². The van der Waals surface area contributed by atoms with Gasteiger partial charge >= 0.3 is 5.97 Å². The minimum atomic E-state index is -0.889. The molecule has 1 saturated carbocycles. The first kappa shape index (κ1) is 17.8. The second-order valence-electron chi connectivity index (χ2n) is 8.27. The molecular formula is C25H24N2O2. The van der Waals surface area contributed by atoms with Crippen molar-refractivity contribution in [2.24, 2.45) is 0 Å². The zero-order valence-electron chi connectivity index (χ0n) is 16.4. The number of hydrogen-bond donors (Lipinski definition) is 2. The van der Waals surface area contributed by atoms with E-state index in [0.29, 0.717) is 17.2 Å². The van der Waals surface area contributed by atoms with Crippen LogP contribution in [-0.4, -0.2) is 16.6 Å². The average molecular weight is 384 g/mol. The SMILES string of the molecule is CC12CC=C(Nc3ccc(C4CC4)cc3C(=O)O)C=C1C=CN2c1ccccc1. The van der Waals surface area contributed by atoms with Crippen molar-refractivity contribution in [3.05, 3.63) is 95.4 Å². The fourth-order valence-electron chi connectivity index (χ4n) is 4.31. The molecular weight excluding hydrogens is 360 g/mol. The molecule has 5 rings (SSSR count). The number of allylic oxidation sites excluding steroid dienone is 1. The smallest absolute Gasteiger partial charge is 0.337 e. The van der Waals surface area contributed by atoms with Gasteiger partial charge in [-0.1, -0.05) is 30.3 Å². The zero-order chi connectivity index (χ0) is 20.0. The molecule has 0 spiro atoms. The minimum Gasteiger partial charge on any atom is -0.478 e. The first-order valence-electron chi connectivity index (χ1n) is 10.1. The van der Waals surface area contributed by atoms with Gasteiger partial charge in [-0.15, -0.1) is 0 Å². The Bertz CT molecular complexity index is 1060. The second-order valence-corrected chi connectivity index (χ2v) is 8.27. The van der Waals surface area contributed by atoms with Crippen molar-refractivity contribution in [1.82, 2.24) is 0 Å². The fraction of sp³-hybridized carbons (Fsp3) is 0.240. The molecule has 0 radical (unpaired) electrons. The first-order valence-corrected chi connectivity index (χ1v) is 10.1. The Morgan fingerprint density at radius 1 is 1.17 bits per heavy atom. The molecule has 1 unspecified atom stereocenters. The van der Waals surface area contributed by atoms with Crippen molar-refractivity contribution >= 4 is 17.3 Å². The molecule has 2 aliphatic carbocycles. The van der Waals surface area contributed by atoms with Crippen molar-refractivity contribution in [3.8, 4) is 0 Å². The van der Waals surface area contributed by atoms with E-state index in [4.69, 9.17) is 0 Å². The lowest BCUT2D eigenvalue weighted by atomic mass is 9.84. The van der Waals surface area contributed by atoms with E-state index in [9.17, 15) is 9.90 Å². The minimum absolute atomic E-state index is 0.127. The van der Waals surface area contributed by atoms with Crippen LogP contribution in [0.5, 0.6) is 0 Å². The van der Waals surface area contributed by atoms with Crippen LogP contribution in [-0.2, 0) is 0 Å². The maximum atomic E-state index is 11.8. The molecule has 2 aromatic rings. The van der Waals surface area contributed by atoms with Gasteiger partial charge in [-0.25, -0.2) is 4.79 Å². The Hall–Kier alpha value is -3.27. The van der Waals surface area contributed by atoms with E-state index < -0.39 is 5.97 Å². The second kappa shape index (κ2) is 6.66. The third kappa shape index (κ3) is 3.15. The molecule has 0 amide bonds. The van der Waals surface area contributed by atoms with Crippen LogP contribution in [0.3, 0.4) is 0 Å². The van der Waals surface area contributed by atoms with Gasteiger partial charge in [0.05, 0.1) is 16.8 Å². The summed E-state index contributed by atoms with van der Waals surface area (Å²) < 4.78 is 0. The van der Waals surface area contributed by atoms with Gasteiger partial charge < -0.3 is 15.3 Å². The molecule has 3 aliphatic rings. The van der Waals surface area contributed by atoms with E-state index in [1.165, 1.54) is 11.3 Å². The lowest BCUT2D eigenvalue weighted by Gasteiger charge is -2.39. The fourth-order valence-corrected chi connectivity index (χ4v) is 4.31. The van der Waals surface area contributed by atoms with E-state index in [2.05, 4.69) is 71.9 Å². The lowest BCUT2D eigenvalue weighted by molar-refractivity contribution is 0.0698. The van der Waals surface area contributed by atoms with E-state index in [1.54, 1.807) is 0 Å². The van der Waals surface area contributed by atoms with Crippen LogP contribution in [0.15, 0.2) is 84.2 Å². The summed E-state index contributed by atoms with van der Waals surface area (Å²) in [6.45, 7) is 2.24. The largest absolute Gasteiger partial charge is 0.478 e. The van der Waals surface area contributed by atoms with Crippen molar-refractivity contribution in [2.75, 3.05) is 10.2 Å². The number of anilines is 2. The molecule has 29 heavy (non-hydrogen) atoms. The van der Waals surface area contributed by atoms with Gasteiger partial charge in [-0.3, -0.25) is 0 Å². The number of carbonyl (C=O) groups is 1. The maximum Gasteiger partial charge on any atom is 0.337 e. The number of carboxylic acid groups (broad SMARTS) is 1. The molecule has 146 valence electrons. The number of carboxylic acids is 1. The molecule has 1 fully saturated rings. The van der Waals surface area contributed by atoms with Crippen molar-refractivity contribution in [3.63, 3.8) is 0 Å². The highest BCUT2D eigenvalue weighted by Crippen LogP contribution is 2.43. The topological polar surface area (TPSA) is 52.6 Å². The molecule has 1 heterocycles. The predicted octanol–water partition coefficient (Wildman–Crippen LogP) is 5.68. The summed E-state index contributed by atoms with van der Waals surface area (Å²) in [5, 5.41) is 13.0. The summed E-state index contributed by atoms with van der Waals surface area (Å²) in [5.41, 5.74) is 5.33. The van der Waals surface area contributed by atoms with Gasteiger partial charge in [-0.05, 0) is 79.7 Å². The number of hydrogen-bond acceptors (Lipinski definition) is 3. The maximum absolute atomic E-state index is 11.8. The number of rotatable bonds is 5. The summed E-state index contributed by atoms with van der Waals surface area (Å²) in [4.78, 5) is 14.1. The van der Waals surface area contributed by atoms with Gasteiger partial charge in [0, 0.05) is 17.6 Å². The van der Waals surface area contributed by atoms with Gasteiger partial charge in [0.15, 0.2) is 0 Å². The molecule has 0 bridgehead atoms. The van der Waals surface area contributed by atoms with Gasteiger partial charge in [0.25, 0.3) is 0 Å². The average Bonchev–Trinajstić information content (AvgIpc) is 3.51. The molecule has 0 aromatic heterocycles. The van der Waals surface area contributed by atoms with E-state index >= 15 is 0 Å². The highest BCUT2D eigenvalue weighted by atomic mass is 16.4. The number of para-hydroxylation sites is 1. The van der Waals surface area contributed by atoms with Crippen LogP contribution in [0.2, 0.25) is 0 Å². The Balaban J connectivity index is 1.40. The molecule has 4 heteroatoms. The van der Waals surface area contributed by atoms with Crippen LogP contribution in [0.4, 0.5) is 11.4 Å². The molecule has 4 nitrogen and oxygen atoms in total. The highest BCUT2D eigenvalue weighted by Gasteiger charge is 2.39. The molecule has 1 aliphatic heterocycles. The Morgan fingerprint density at radius 2 is 1.97 bits per heavy atom. The van der Waals surface area contributed by atoms with Crippen LogP contribution < -0.4 is 10.2 Å². The summed E-state index contributed by atoms with van der Waals surface area (Å²) in [6.07, 6.45) is 11.7. The normalized spacial score (nSPS) is 22.7. The molecule has 0 saturated heterocycles. The number of aromatic carboxylic acids is 1. The number of nitrogens with zero attached hydrogens (tertiary/aromatic N) is 1. The summed E-state index contributed by atoms with van der Waals surface area (Å²) in [5.74, 6) is -0.355. The first-order chi connectivity index (χ1) is 14.0. The van der Waals surface area contributed by atoms with E-state index in [-0.39, 0.29) is 5.54 Å². The van der Waals surface area contributed by atoms with Crippen LogP contribution in [0, 0.1) is 0 Å². The van der Waals surface area contributed by atoms with Crippen molar-refractivity contribution < 1.29 is 9.90 Å². The van der Waals surface area contributed by atoms with Crippen LogP contribution in [0.1, 0.15) is 48.0 Å². The van der Waals surface area contributed by atoms with Crippen LogP contribution >= 0.6 is 0 Å². The summed E-state index contributed by atoms with van der Waals surface area (Å²) in [7, 11) is 0.